The molecule has 0 spiro atoms. The van der Waals surface area contributed by atoms with Crippen LogP contribution in [0.25, 0.3) is 0 Å². The van der Waals surface area contributed by atoms with Crippen LogP contribution in [0.1, 0.15) is 29.4 Å². The van der Waals surface area contributed by atoms with Gasteiger partial charge in [-0.25, -0.2) is 0 Å². The number of likely N-dealkylation sites (N-methyl/N-ethyl adjacent to an activating group) is 1. The van der Waals surface area contributed by atoms with E-state index in [1.165, 1.54) is 16.9 Å². The number of ether oxygens (including phenoxy) is 1. The second-order valence-corrected chi connectivity index (χ2v) is 5.12. The van der Waals surface area contributed by atoms with Gasteiger partial charge < -0.3 is 10.1 Å². The lowest BCUT2D eigenvalue weighted by molar-refractivity contribution is 0.0504. The predicted molar refractivity (Wildman–Crippen MR) is 64.9 cm³/mol. The third-order valence-corrected chi connectivity index (χ3v) is 4.28. The highest BCUT2D eigenvalue weighted by Crippen LogP contribution is 2.35. The fourth-order valence-electron chi connectivity index (χ4n) is 1.93. The molecule has 2 heterocycles. The van der Waals surface area contributed by atoms with E-state index in [0.29, 0.717) is 0 Å². The van der Waals surface area contributed by atoms with Crippen molar-refractivity contribution in [2.45, 2.75) is 25.4 Å². The normalized spacial score (nSPS) is 21.9. The van der Waals surface area contributed by atoms with Crippen molar-refractivity contribution in [3.63, 3.8) is 0 Å². The van der Waals surface area contributed by atoms with Gasteiger partial charge in [0.15, 0.2) is 0 Å². The molecule has 1 N–H and O–H groups in total. The molecule has 1 aromatic rings. The summed E-state index contributed by atoms with van der Waals surface area (Å²) >= 11 is 7.91. The molecule has 1 aromatic heterocycles. The lowest BCUT2D eigenvalue weighted by Crippen LogP contribution is -2.21. The van der Waals surface area contributed by atoms with Gasteiger partial charge in [-0.1, -0.05) is 11.6 Å². The van der Waals surface area contributed by atoms with E-state index in [1.54, 1.807) is 11.3 Å². The van der Waals surface area contributed by atoms with E-state index < -0.39 is 0 Å². The van der Waals surface area contributed by atoms with Crippen LogP contribution in [-0.4, -0.2) is 20.2 Å². The standard InChI is InChI=1S/C11H16ClNOS/c1-13-6-10-11-8(9(12)7-15-11)4-2-3-5-14-10/h7,10,13H,2-6H2,1H3. The zero-order valence-corrected chi connectivity index (χ0v) is 10.5. The van der Waals surface area contributed by atoms with Gasteiger partial charge in [0, 0.05) is 23.4 Å². The second kappa shape index (κ2) is 5.30. The maximum Gasteiger partial charge on any atom is 0.104 e. The topological polar surface area (TPSA) is 21.3 Å². The number of hydrogen-bond donors (Lipinski definition) is 1. The van der Waals surface area contributed by atoms with E-state index >= 15 is 0 Å². The van der Waals surface area contributed by atoms with E-state index in [2.05, 4.69) is 5.32 Å². The third kappa shape index (κ3) is 2.53. The van der Waals surface area contributed by atoms with Crippen LogP contribution in [0.5, 0.6) is 0 Å². The minimum absolute atomic E-state index is 0.183. The monoisotopic (exact) mass is 245 g/mol. The molecule has 15 heavy (non-hydrogen) atoms. The minimum Gasteiger partial charge on any atom is -0.371 e. The van der Waals surface area contributed by atoms with Crippen LogP contribution in [0.3, 0.4) is 0 Å². The van der Waals surface area contributed by atoms with E-state index in [-0.39, 0.29) is 6.10 Å². The summed E-state index contributed by atoms with van der Waals surface area (Å²) < 4.78 is 5.85. The van der Waals surface area contributed by atoms with E-state index in [9.17, 15) is 0 Å². The second-order valence-electron chi connectivity index (χ2n) is 3.80. The summed E-state index contributed by atoms with van der Waals surface area (Å²) in [4.78, 5) is 1.31. The van der Waals surface area contributed by atoms with Crippen LogP contribution >= 0.6 is 22.9 Å². The van der Waals surface area contributed by atoms with Gasteiger partial charge in [-0.2, -0.15) is 0 Å². The number of nitrogens with one attached hydrogen (secondary N) is 1. The molecule has 0 bridgehead atoms. The molecule has 0 fully saturated rings. The lowest BCUT2D eigenvalue weighted by atomic mass is 10.1. The Bertz CT molecular complexity index is 326. The first-order valence-electron chi connectivity index (χ1n) is 5.35. The summed E-state index contributed by atoms with van der Waals surface area (Å²) in [5, 5.41) is 6.12. The Morgan fingerprint density at radius 1 is 1.60 bits per heavy atom. The van der Waals surface area contributed by atoms with Crippen LogP contribution in [-0.2, 0) is 11.2 Å². The van der Waals surface area contributed by atoms with Crippen LogP contribution in [0.15, 0.2) is 5.38 Å². The fraction of sp³-hybridized carbons (Fsp3) is 0.636. The van der Waals surface area contributed by atoms with Crippen molar-refractivity contribution >= 4 is 22.9 Å². The average Bonchev–Trinajstić information content (AvgIpc) is 2.54. The zero-order chi connectivity index (χ0) is 10.7. The lowest BCUT2D eigenvalue weighted by Gasteiger charge is -2.20. The SMILES string of the molecule is CNCC1OCCCCc2c(Cl)csc21. The Kier molecular flexibility index (Phi) is 4.03. The maximum absolute atomic E-state index is 6.18. The van der Waals surface area contributed by atoms with Gasteiger partial charge in [-0.15, -0.1) is 11.3 Å². The summed E-state index contributed by atoms with van der Waals surface area (Å²) in [5.41, 5.74) is 1.31. The van der Waals surface area contributed by atoms with Gasteiger partial charge in [-0.05, 0) is 31.9 Å². The molecule has 0 radical (unpaired) electrons. The summed E-state index contributed by atoms with van der Waals surface area (Å²) in [6, 6.07) is 0. The van der Waals surface area contributed by atoms with Crippen molar-refractivity contribution in [1.29, 1.82) is 0 Å². The van der Waals surface area contributed by atoms with Crippen LogP contribution in [0, 0.1) is 0 Å². The van der Waals surface area contributed by atoms with Gasteiger partial charge in [0.25, 0.3) is 0 Å². The molecule has 0 saturated carbocycles. The molecule has 4 heteroatoms. The molecule has 0 aliphatic carbocycles. The molecule has 0 saturated heterocycles. The quantitative estimate of drug-likeness (QED) is 0.865. The summed E-state index contributed by atoms with van der Waals surface area (Å²) in [7, 11) is 1.96. The highest BCUT2D eigenvalue weighted by molar-refractivity contribution is 7.10. The summed E-state index contributed by atoms with van der Waals surface area (Å²) in [5.74, 6) is 0. The number of hydrogen-bond acceptors (Lipinski definition) is 3. The smallest absolute Gasteiger partial charge is 0.104 e. The molecule has 84 valence electrons. The van der Waals surface area contributed by atoms with Crippen LogP contribution < -0.4 is 5.32 Å². The Labute approximate surface area is 99.6 Å². The molecule has 0 aromatic carbocycles. The highest BCUT2D eigenvalue weighted by atomic mass is 35.5. The number of fused-ring (bicyclic) bond motifs is 1. The molecular formula is C11H16ClNOS. The Hall–Kier alpha value is -0.0900. The first-order chi connectivity index (χ1) is 7.33. The molecule has 0 amide bonds. The third-order valence-electron chi connectivity index (χ3n) is 2.70. The minimum atomic E-state index is 0.183. The Morgan fingerprint density at radius 2 is 2.47 bits per heavy atom. The molecule has 1 aliphatic rings. The van der Waals surface area contributed by atoms with Gasteiger partial charge in [0.1, 0.15) is 6.10 Å². The Balaban J connectivity index is 2.26. The number of rotatable bonds is 2. The van der Waals surface area contributed by atoms with Gasteiger partial charge >= 0.3 is 0 Å². The molecule has 2 rings (SSSR count). The van der Waals surface area contributed by atoms with Crippen molar-refractivity contribution in [3.05, 3.63) is 20.8 Å². The highest BCUT2D eigenvalue weighted by Gasteiger charge is 2.21. The van der Waals surface area contributed by atoms with Crippen molar-refractivity contribution < 1.29 is 4.74 Å². The molecule has 1 unspecified atom stereocenters. The van der Waals surface area contributed by atoms with Crippen LogP contribution in [0.2, 0.25) is 5.02 Å². The van der Waals surface area contributed by atoms with Crippen molar-refractivity contribution in [3.8, 4) is 0 Å². The first-order valence-corrected chi connectivity index (χ1v) is 6.60. The van der Waals surface area contributed by atoms with Crippen molar-refractivity contribution in [1.82, 2.24) is 5.32 Å². The van der Waals surface area contributed by atoms with Crippen molar-refractivity contribution in [2.24, 2.45) is 0 Å². The molecule has 1 atom stereocenters. The van der Waals surface area contributed by atoms with Gasteiger partial charge in [-0.3, -0.25) is 0 Å². The van der Waals surface area contributed by atoms with E-state index in [1.807, 2.05) is 12.4 Å². The maximum atomic E-state index is 6.18. The fourth-order valence-corrected chi connectivity index (χ4v) is 3.35. The van der Waals surface area contributed by atoms with Gasteiger partial charge in [0.2, 0.25) is 0 Å². The van der Waals surface area contributed by atoms with Crippen molar-refractivity contribution in [2.75, 3.05) is 20.2 Å². The average molecular weight is 246 g/mol. The summed E-state index contributed by atoms with van der Waals surface area (Å²) in [6.45, 7) is 1.73. The molecular weight excluding hydrogens is 230 g/mol. The van der Waals surface area contributed by atoms with E-state index in [0.717, 1.165) is 31.0 Å². The number of thiophene rings is 1. The molecule has 2 nitrogen and oxygen atoms in total. The zero-order valence-electron chi connectivity index (χ0n) is 8.88. The largest absolute Gasteiger partial charge is 0.371 e. The molecule has 1 aliphatic heterocycles. The predicted octanol–water partition coefficient (Wildman–Crippen LogP) is 3.01. The van der Waals surface area contributed by atoms with E-state index in [4.69, 9.17) is 16.3 Å². The Morgan fingerprint density at radius 3 is 3.27 bits per heavy atom. The number of halogens is 1. The van der Waals surface area contributed by atoms with Crippen LogP contribution in [0.4, 0.5) is 0 Å². The first kappa shape index (κ1) is 11.4. The van der Waals surface area contributed by atoms with Gasteiger partial charge in [0.05, 0.1) is 5.02 Å². The summed E-state index contributed by atoms with van der Waals surface area (Å²) in [6.07, 6.45) is 3.59.